The minimum Gasteiger partial charge on any atom is -0.496 e. The van der Waals surface area contributed by atoms with Crippen molar-refractivity contribution in [1.82, 2.24) is 0 Å². The Morgan fingerprint density at radius 1 is 1.17 bits per heavy atom. The Hall–Kier alpha value is -2.29. The highest BCUT2D eigenvalue weighted by atomic mass is 16.5. The summed E-state index contributed by atoms with van der Waals surface area (Å²) in [5, 5.41) is 0. The maximum Gasteiger partial charge on any atom is 0.312 e. The highest BCUT2D eigenvalue weighted by molar-refractivity contribution is 5.79. The average Bonchev–Trinajstić information content (AvgIpc) is 2.53. The molecule has 1 heterocycles. The Morgan fingerprint density at radius 3 is 2.61 bits per heavy atom. The summed E-state index contributed by atoms with van der Waals surface area (Å²) >= 11 is 0. The minimum atomic E-state index is -0.180. The topological polar surface area (TPSA) is 35.5 Å². The average molecular weight is 310 g/mol. The molecule has 2 aromatic carbocycles. The number of hydrogen-bond donors (Lipinski definition) is 0. The third-order valence-electron chi connectivity index (χ3n) is 4.52. The molecule has 0 saturated carbocycles. The van der Waals surface area contributed by atoms with Crippen LogP contribution < -0.4 is 9.47 Å². The summed E-state index contributed by atoms with van der Waals surface area (Å²) in [6, 6.07) is 12.1. The second-order valence-electron chi connectivity index (χ2n) is 6.34. The van der Waals surface area contributed by atoms with Crippen LogP contribution in [0.2, 0.25) is 0 Å². The lowest BCUT2D eigenvalue weighted by molar-refractivity contribution is -0.135. The van der Waals surface area contributed by atoms with E-state index in [0.29, 0.717) is 12.3 Å². The molecule has 0 unspecified atom stereocenters. The number of hydrogen-bond acceptors (Lipinski definition) is 3. The van der Waals surface area contributed by atoms with Crippen LogP contribution in [-0.4, -0.2) is 13.1 Å². The predicted molar refractivity (Wildman–Crippen MR) is 90.4 cm³/mol. The Kier molecular flexibility index (Phi) is 4.12. The molecule has 1 aliphatic heterocycles. The van der Waals surface area contributed by atoms with E-state index in [2.05, 4.69) is 32.9 Å². The smallest absolute Gasteiger partial charge is 0.312 e. The maximum absolute atomic E-state index is 12.2. The number of rotatable bonds is 3. The number of esters is 1. The Balaban J connectivity index is 2.23. The lowest BCUT2D eigenvalue weighted by atomic mass is 9.81. The van der Waals surface area contributed by atoms with Crippen molar-refractivity contribution in [2.24, 2.45) is 0 Å². The zero-order chi connectivity index (χ0) is 16.6. The van der Waals surface area contributed by atoms with Gasteiger partial charge in [-0.05, 0) is 30.0 Å². The number of methoxy groups -OCH3 is 1. The number of para-hydroxylation sites is 1. The number of aryl methyl sites for hydroxylation is 1. The zero-order valence-electron chi connectivity index (χ0n) is 14.1. The molecule has 0 aliphatic carbocycles. The summed E-state index contributed by atoms with van der Waals surface area (Å²) < 4.78 is 11.2. The Labute approximate surface area is 137 Å². The number of ether oxygens (including phenoxy) is 2. The Bertz CT molecular complexity index is 747. The first-order valence-electron chi connectivity index (χ1n) is 8.00. The van der Waals surface area contributed by atoms with Gasteiger partial charge >= 0.3 is 5.97 Å². The van der Waals surface area contributed by atoms with Crippen molar-refractivity contribution in [3.8, 4) is 11.5 Å². The van der Waals surface area contributed by atoms with E-state index >= 15 is 0 Å². The molecule has 0 saturated heterocycles. The highest BCUT2D eigenvalue weighted by Gasteiger charge is 2.33. The van der Waals surface area contributed by atoms with Crippen molar-refractivity contribution in [1.29, 1.82) is 0 Å². The van der Waals surface area contributed by atoms with E-state index in [1.807, 2.05) is 24.3 Å². The van der Waals surface area contributed by atoms with Crippen molar-refractivity contribution in [3.05, 3.63) is 58.7 Å². The fourth-order valence-corrected chi connectivity index (χ4v) is 3.36. The molecular weight excluding hydrogens is 288 g/mol. The molecule has 2 aromatic rings. The summed E-state index contributed by atoms with van der Waals surface area (Å²) in [6.07, 6.45) is 0.343. The second kappa shape index (κ2) is 6.07. The van der Waals surface area contributed by atoms with Gasteiger partial charge in [-0.1, -0.05) is 44.2 Å². The quantitative estimate of drug-likeness (QED) is 0.615. The van der Waals surface area contributed by atoms with Gasteiger partial charge in [0.05, 0.1) is 13.5 Å². The van der Waals surface area contributed by atoms with Crippen LogP contribution in [0.25, 0.3) is 0 Å². The molecule has 0 amide bonds. The van der Waals surface area contributed by atoms with Crippen LogP contribution >= 0.6 is 0 Å². The lowest BCUT2D eigenvalue weighted by Crippen LogP contribution is -2.23. The fraction of sp³-hybridized carbons (Fsp3) is 0.350. The summed E-state index contributed by atoms with van der Waals surface area (Å²) in [4.78, 5) is 12.2. The van der Waals surface area contributed by atoms with E-state index in [1.54, 1.807) is 7.11 Å². The van der Waals surface area contributed by atoms with Gasteiger partial charge in [-0.2, -0.15) is 0 Å². The van der Waals surface area contributed by atoms with Crippen molar-refractivity contribution < 1.29 is 14.3 Å². The summed E-state index contributed by atoms with van der Waals surface area (Å²) in [6.45, 7) is 6.31. The first-order valence-corrected chi connectivity index (χ1v) is 8.00. The summed E-state index contributed by atoms with van der Waals surface area (Å²) in [5.41, 5.74) is 4.38. The van der Waals surface area contributed by atoms with Crippen LogP contribution in [0.3, 0.4) is 0 Å². The van der Waals surface area contributed by atoms with Gasteiger partial charge in [0.15, 0.2) is 0 Å². The minimum absolute atomic E-state index is 0.0268. The molecule has 3 nitrogen and oxygen atoms in total. The third-order valence-corrected chi connectivity index (χ3v) is 4.52. The first kappa shape index (κ1) is 15.6. The molecule has 23 heavy (non-hydrogen) atoms. The molecular formula is C20H22O3. The van der Waals surface area contributed by atoms with Crippen LogP contribution in [0.15, 0.2) is 36.4 Å². The molecule has 120 valence electrons. The van der Waals surface area contributed by atoms with Crippen molar-refractivity contribution in [3.63, 3.8) is 0 Å². The van der Waals surface area contributed by atoms with E-state index in [0.717, 1.165) is 33.8 Å². The predicted octanol–water partition coefficient (Wildman–Crippen LogP) is 4.57. The van der Waals surface area contributed by atoms with Crippen LogP contribution in [0.1, 0.15) is 54.4 Å². The normalized spacial score (nSPS) is 16.9. The van der Waals surface area contributed by atoms with Gasteiger partial charge in [0, 0.05) is 17.0 Å². The first-order chi connectivity index (χ1) is 11.0. The van der Waals surface area contributed by atoms with Crippen molar-refractivity contribution >= 4 is 5.97 Å². The molecule has 0 spiro atoms. The number of carbonyl (C=O) groups is 1. The van der Waals surface area contributed by atoms with Gasteiger partial charge < -0.3 is 9.47 Å². The van der Waals surface area contributed by atoms with Crippen LogP contribution in [-0.2, 0) is 4.79 Å². The van der Waals surface area contributed by atoms with Crippen LogP contribution in [0.5, 0.6) is 11.5 Å². The van der Waals surface area contributed by atoms with Gasteiger partial charge in [0.1, 0.15) is 11.5 Å². The second-order valence-corrected chi connectivity index (χ2v) is 6.34. The molecule has 0 radical (unpaired) electrons. The van der Waals surface area contributed by atoms with Crippen molar-refractivity contribution in [2.45, 2.75) is 39.0 Å². The molecule has 3 heteroatoms. The van der Waals surface area contributed by atoms with Gasteiger partial charge in [-0.25, -0.2) is 0 Å². The van der Waals surface area contributed by atoms with Crippen LogP contribution in [0, 0.1) is 6.92 Å². The van der Waals surface area contributed by atoms with E-state index in [-0.39, 0.29) is 11.9 Å². The van der Waals surface area contributed by atoms with Gasteiger partial charge in [0.25, 0.3) is 0 Å². The molecule has 0 aromatic heterocycles. The fourth-order valence-electron chi connectivity index (χ4n) is 3.36. The van der Waals surface area contributed by atoms with Crippen molar-refractivity contribution in [2.75, 3.05) is 7.11 Å². The molecule has 0 fully saturated rings. The SMILES string of the molecule is COc1ccccc1[C@H]1CC(=O)Oc2c(C(C)C)ccc(C)c21. The zero-order valence-corrected chi connectivity index (χ0v) is 14.1. The number of carbonyl (C=O) groups excluding carboxylic acids is 1. The van der Waals surface area contributed by atoms with Gasteiger partial charge in [-0.15, -0.1) is 0 Å². The van der Waals surface area contributed by atoms with Gasteiger partial charge in [0.2, 0.25) is 0 Å². The molecule has 1 aliphatic rings. The van der Waals surface area contributed by atoms with E-state index in [9.17, 15) is 4.79 Å². The Morgan fingerprint density at radius 2 is 1.91 bits per heavy atom. The lowest BCUT2D eigenvalue weighted by Gasteiger charge is -2.30. The molecule has 0 bridgehead atoms. The maximum atomic E-state index is 12.2. The summed E-state index contributed by atoms with van der Waals surface area (Å²) in [5.74, 6) is 1.65. The third kappa shape index (κ3) is 2.72. The molecule has 3 rings (SSSR count). The standard InChI is InChI=1S/C20H22O3/c1-12(2)14-10-9-13(3)19-16(11-18(21)23-20(14)19)15-7-5-6-8-17(15)22-4/h5-10,12,16H,11H2,1-4H3/t16-/m1/s1. The molecule has 1 atom stereocenters. The molecule has 0 N–H and O–H groups in total. The number of benzene rings is 2. The van der Waals surface area contributed by atoms with E-state index < -0.39 is 0 Å². The summed E-state index contributed by atoms with van der Waals surface area (Å²) in [7, 11) is 1.66. The largest absolute Gasteiger partial charge is 0.496 e. The van der Waals surface area contributed by atoms with Gasteiger partial charge in [-0.3, -0.25) is 4.79 Å². The monoisotopic (exact) mass is 310 g/mol. The highest BCUT2D eigenvalue weighted by Crippen LogP contribution is 2.46. The number of fused-ring (bicyclic) bond motifs is 1. The van der Waals surface area contributed by atoms with E-state index in [1.165, 1.54) is 0 Å². The van der Waals surface area contributed by atoms with E-state index in [4.69, 9.17) is 9.47 Å². The van der Waals surface area contributed by atoms with Crippen LogP contribution in [0.4, 0.5) is 0 Å².